The van der Waals surface area contributed by atoms with E-state index in [-0.39, 0.29) is 0 Å². The summed E-state index contributed by atoms with van der Waals surface area (Å²) in [5.74, 6) is 0. The summed E-state index contributed by atoms with van der Waals surface area (Å²) in [5.41, 5.74) is 0. The van der Waals surface area contributed by atoms with Gasteiger partial charge in [-0.05, 0) is 12.1 Å². The molecule has 0 heterocycles. The molecule has 0 aliphatic carbocycles. The maximum absolute atomic E-state index is 11.0. The highest BCUT2D eigenvalue weighted by Gasteiger charge is 2.07. The third kappa shape index (κ3) is 2.35. The second-order valence-electron chi connectivity index (χ2n) is 1.90. The molecule has 0 aliphatic rings. The molecular weight excluding hydrogens is 180 g/mol. The van der Waals surface area contributed by atoms with Crippen LogP contribution in [0.3, 0.4) is 0 Å². The number of benzene rings is 1. The van der Waals surface area contributed by atoms with Crippen LogP contribution in [0.25, 0.3) is 0 Å². The minimum absolute atomic E-state index is 0.333. The predicted molar refractivity (Wildman–Crippen MR) is 42.0 cm³/mol. The number of rotatable bonds is 2. The van der Waals surface area contributed by atoms with Gasteiger partial charge in [-0.1, -0.05) is 18.2 Å². The second kappa shape index (κ2) is 3.87. The van der Waals surface area contributed by atoms with Crippen LogP contribution in [-0.4, -0.2) is 15.5 Å². The normalized spacial score (nSPS) is 12.0. The Bertz CT molecular complexity index is 296. The van der Waals surface area contributed by atoms with E-state index in [0.717, 1.165) is 0 Å². The van der Waals surface area contributed by atoms with E-state index in [1.807, 2.05) is 0 Å². The summed E-state index contributed by atoms with van der Waals surface area (Å²) in [6.45, 7) is 0. The molecule has 12 heavy (non-hydrogen) atoms. The predicted octanol–water partition coefficient (Wildman–Crippen LogP) is 1.40. The summed E-state index contributed by atoms with van der Waals surface area (Å²) in [6.07, 6.45) is -1.54. The number of hydrogen-bond donors (Lipinski definition) is 1. The van der Waals surface area contributed by atoms with E-state index < -0.39 is 17.2 Å². The fourth-order valence-corrected chi connectivity index (χ4v) is 1.25. The molecule has 64 valence electrons. The fourth-order valence-electron chi connectivity index (χ4n) is 0.644. The lowest BCUT2D eigenvalue weighted by molar-refractivity contribution is 0.150. The van der Waals surface area contributed by atoms with Gasteiger partial charge in [0.2, 0.25) is 11.1 Å². The van der Waals surface area contributed by atoms with E-state index >= 15 is 0 Å². The zero-order valence-corrected chi connectivity index (χ0v) is 6.78. The highest BCUT2D eigenvalue weighted by molar-refractivity contribution is 7.80. The van der Waals surface area contributed by atoms with Crippen LogP contribution in [0.2, 0.25) is 0 Å². The number of carboxylic acid groups (broad SMARTS) is 1. The van der Waals surface area contributed by atoms with E-state index in [9.17, 15) is 9.00 Å². The Labute approximate surface area is 71.4 Å². The standard InChI is InChI=1S/C7H6O4S/c8-7(9)11-12(10)6-4-2-1-3-5-6/h1-5H,(H,8,9). The first-order chi connectivity index (χ1) is 5.70. The third-order valence-corrected chi connectivity index (χ3v) is 2.03. The van der Waals surface area contributed by atoms with Gasteiger partial charge in [-0.2, -0.15) is 0 Å². The summed E-state index contributed by atoms with van der Waals surface area (Å²) in [7, 11) is 0. The van der Waals surface area contributed by atoms with Crippen LogP contribution in [0.5, 0.6) is 0 Å². The van der Waals surface area contributed by atoms with Gasteiger partial charge in [-0.3, -0.25) is 0 Å². The molecule has 1 rings (SSSR count). The van der Waals surface area contributed by atoms with E-state index in [2.05, 4.69) is 4.18 Å². The van der Waals surface area contributed by atoms with Gasteiger partial charge in [0.1, 0.15) is 0 Å². The van der Waals surface area contributed by atoms with Gasteiger partial charge in [0.25, 0.3) is 0 Å². The maximum Gasteiger partial charge on any atom is 0.520 e. The van der Waals surface area contributed by atoms with Crippen molar-refractivity contribution in [1.29, 1.82) is 0 Å². The smallest absolute Gasteiger partial charge is 0.449 e. The van der Waals surface area contributed by atoms with Gasteiger partial charge in [-0.25, -0.2) is 9.00 Å². The van der Waals surface area contributed by atoms with E-state index in [4.69, 9.17) is 5.11 Å². The molecule has 1 unspecified atom stereocenters. The molecule has 5 heteroatoms. The zero-order chi connectivity index (χ0) is 8.97. The molecule has 0 fully saturated rings. The number of hydrogen-bond acceptors (Lipinski definition) is 3. The zero-order valence-electron chi connectivity index (χ0n) is 5.97. The average molecular weight is 186 g/mol. The Morgan fingerprint density at radius 2 is 1.92 bits per heavy atom. The van der Waals surface area contributed by atoms with Crippen molar-refractivity contribution in [2.75, 3.05) is 0 Å². The molecule has 0 aromatic heterocycles. The largest absolute Gasteiger partial charge is 0.520 e. The average Bonchev–Trinajstić information content (AvgIpc) is 2.05. The maximum atomic E-state index is 11.0. The van der Waals surface area contributed by atoms with Crippen molar-refractivity contribution in [2.45, 2.75) is 4.90 Å². The van der Waals surface area contributed by atoms with Gasteiger partial charge in [0.15, 0.2) is 0 Å². The van der Waals surface area contributed by atoms with Crippen LogP contribution in [0.15, 0.2) is 35.2 Å². The molecule has 4 nitrogen and oxygen atoms in total. The van der Waals surface area contributed by atoms with Crippen LogP contribution < -0.4 is 0 Å². The molecule has 1 aromatic carbocycles. The quantitative estimate of drug-likeness (QED) is 0.758. The highest BCUT2D eigenvalue weighted by atomic mass is 32.2. The van der Waals surface area contributed by atoms with Crippen molar-refractivity contribution < 1.29 is 18.3 Å². The Morgan fingerprint density at radius 1 is 1.33 bits per heavy atom. The first kappa shape index (κ1) is 8.73. The first-order valence-corrected chi connectivity index (χ1v) is 4.15. The van der Waals surface area contributed by atoms with E-state index in [0.29, 0.717) is 4.90 Å². The van der Waals surface area contributed by atoms with Gasteiger partial charge in [0.05, 0.1) is 4.90 Å². The van der Waals surface area contributed by atoms with Gasteiger partial charge in [0, 0.05) is 0 Å². The molecule has 1 N–H and O–H groups in total. The Kier molecular flexibility index (Phi) is 2.82. The molecule has 1 aromatic rings. The van der Waals surface area contributed by atoms with Crippen molar-refractivity contribution >= 4 is 17.2 Å². The fraction of sp³-hybridized carbons (Fsp3) is 0. The minimum Gasteiger partial charge on any atom is -0.449 e. The summed E-state index contributed by atoms with van der Waals surface area (Å²) < 4.78 is 15.0. The van der Waals surface area contributed by atoms with Gasteiger partial charge >= 0.3 is 6.16 Å². The first-order valence-electron chi connectivity index (χ1n) is 3.08. The van der Waals surface area contributed by atoms with Crippen LogP contribution in [-0.2, 0) is 15.3 Å². The van der Waals surface area contributed by atoms with Crippen molar-refractivity contribution in [3.8, 4) is 0 Å². The summed E-state index contributed by atoms with van der Waals surface area (Å²) >= 11 is -1.91. The Hall–Kier alpha value is -1.36. The monoisotopic (exact) mass is 186 g/mol. The van der Waals surface area contributed by atoms with Crippen LogP contribution >= 0.6 is 0 Å². The topological polar surface area (TPSA) is 63.6 Å². The summed E-state index contributed by atoms with van der Waals surface area (Å²) in [4.78, 5) is 10.3. The minimum atomic E-state index is -1.91. The van der Waals surface area contributed by atoms with Crippen molar-refractivity contribution in [2.24, 2.45) is 0 Å². The Balaban J connectivity index is 2.73. The summed E-state index contributed by atoms with van der Waals surface area (Å²) in [5, 5.41) is 8.13. The molecule has 0 saturated carbocycles. The molecule has 0 saturated heterocycles. The van der Waals surface area contributed by atoms with Gasteiger partial charge in [-0.15, -0.1) is 0 Å². The van der Waals surface area contributed by atoms with Crippen LogP contribution in [0.1, 0.15) is 0 Å². The molecule has 0 bridgehead atoms. The van der Waals surface area contributed by atoms with Crippen LogP contribution in [0.4, 0.5) is 4.79 Å². The molecule has 0 aliphatic heterocycles. The van der Waals surface area contributed by atoms with E-state index in [1.54, 1.807) is 18.2 Å². The lowest BCUT2D eigenvalue weighted by atomic mass is 10.4. The molecule has 0 amide bonds. The lowest BCUT2D eigenvalue weighted by Gasteiger charge is -1.97. The molecule has 0 radical (unpaired) electrons. The van der Waals surface area contributed by atoms with Crippen molar-refractivity contribution in [3.05, 3.63) is 30.3 Å². The SMILES string of the molecule is O=C(O)OS(=O)c1ccccc1. The third-order valence-electron chi connectivity index (χ3n) is 1.08. The van der Waals surface area contributed by atoms with Crippen LogP contribution in [0, 0.1) is 0 Å². The molecule has 0 spiro atoms. The molecular formula is C7H6O4S. The highest BCUT2D eigenvalue weighted by Crippen LogP contribution is 2.06. The molecule has 1 atom stereocenters. The van der Waals surface area contributed by atoms with Crippen molar-refractivity contribution in [3.63, 3.8) is 0 Å². The lowest BCUT2D eigenvalue weighted by Crippen LogP contribution is -2.03. The summed E-state index contributed by atoms with van der Waals surface area (Å²) in [6, 6.07) is 8.09. The Morgan fingerprint density at radius 3 is 2.42 bits per heavy atom. The van der Waals surface area contributed by atoms with E-state index in [1.165, 1.54) is 12.1 Å². The van der Waals surface area contributed by atoms with Crippen molar-refractivity contribution in [1.82, 2.24) is 0 Å². The van der Waals surface area contributed by atoms with Gasteiger partial charge < -0.3 is 9.29 Å². The second-order valence-corrected chi connectivity index (χ2v) is 3.00. The number of carbonyl (C=O) groups is 1.